The van der Waals surface area contributed by atoms with Crippen LogP contribution in [0.15, 0.2) is 54.9 Å². The predicted octanol–water partition coefficient (Wildman–Crippen LogP) is 3.56. The number of aryl methyl sites for hydroxylation is 1. The number of nitrogens with one attached hydrogen (secondary N) is 2. The molecule has 2 atom stereocenters. The molecule has 5 rings (SSSR count). The molecular weight excluding hydrogens is 390 g/mol. The second kappa shape index (κ2) is 7.86. The summed E-state index contributed by atoms with van der Waals surface area (Å²) in [7, 11) is 0. The van der Waals surface area contributed by atoms with Gasteiger partial charge in [-0.1, -0.05) is 23.4 Å². The van der Waals surface area contributed by atoms with E-state index < -0.39 is 0 Å². The summed E-state index contributed by atoms with van der Waals surface area (Å²) in [6.07, 6.45) is 5.23. The van der Waals surface area contributed by atoms with E-state index in [1.54, 1.807) is 17.1 Å². The van der Waals surface area contributed by atoms with Gasteiger partial charge in [0.2, 0.25) is 0 Å². The summed E-state index contributed by atoms with van der Waals surface area (Å²) in [6.45, 7) is 4.72. The zero-order valence-electron chi connectivity index (χ0n) is 17.6. The van der Waals surface area contributed by atoms with Crippen LogP contribution < -0.4 is 5.32 Å². The van der Waals surface area contributed by atoms with Gasteiger partial charge in [0, 0.05) is 35.2 Å². The Bertz CT molecular complexity index is 1180. The molecule has 8 nitrogen and oxygen atoms in total. The number of hydrogen-bond acceptors (Lipinski definition) is 5. The second-order valence-electron chi connectivity index (χ2n) is 8.07. The highest BCUT2D eigenvalue weighted by molar-refractivity contribution is 5.97. The Kier molecular flexibility index (Phi) is 4.89. The monoisotopic (exact) mass is 415 g/mol. The van der Waals surface area contributed by atoms with E-state index in [0.717, 1.165) is 36.4 Å². The number of aromatic amines is 1. The van der Waals surface area contributed by atoms with Crippen molar-refractivity contribution in [2.45, 2.75) is 38.8 Å². The van der Waals surface area contributed by atoms with E-state index in [4.69, 9.17) is 0 Å². The molecule has 0 bridgehead atoms. The van der Waals surface area contributed by atoms with Gasteiger partial charge < -0.3 is 15.2 Å². The van der Waals surface area contributed by atoms with Crippen LogP contribution in [0.3, 0.4) is 0 Å². The number of benzene rings is 1. The third-order valence-corrected chi connectivity index (χ3v) is 6.00. The van der Waals surface area contributed by atoms with Crippen molar-refractivity contribution in [2.75, 3.05) is 11.9 Å². The van der Waals surface area contributed by atoms with Crippen molar-refractivity contribution in [1.82, 2.24) is 29.9 Å². The van der Waals surface area contributed by atoms with Crippen LogP contribution in [-0.2, 0) is 0 Å². The Morgan fingerprint density at radius 1 is 1.23 bits per heavy atom. The van der Waals surface area contributed by atoms with Crippen molar-refractivity contribution in [3.8, 4) is 5.82 Å². The standard InChI is InChI=1S/C23H25N7O/c1-15-9-10-18(22(25-15)30-13-11-24-28-30)23(31)29-12-5-8-19(16(29)2)26-21-14-17-6-3-4-7-20(17)27-21/h3-4,6-7,9-11,13-14,16,19,26-27H,5,8,12H2,1-2H3/t16-,19+/m0/s1. The Morgan fingerprint density at radius 3 is 2.90 bits per heavy atom. The summed E-state index contributed by atoms with van der Waals surface area (Å²) in [4.78, 5) is 23.5. The van der Waals surface area contributed by atoms with Crippen LogP contribution in [0.1, 0.15) is 35.8 Å². The first-order valence-corrected chi connectivity index (χ1v) is 10.6. The molecule has 4 heterocycles. The Labute approximate surface area is 180 Å². The Hall–Kier alpha value is -3.68. The van der Waals surface area contributed by atoms with Crippen molar-refractivity contribution >= 4 is 22.6 Å². The van der Waals surface area contributed by atoms with Crippen molar-refractivity contribution < 1.29 is 4.79 Å². The lowest BCUT2D eigenvalue weighted by Gasteiger charge is -2.40. The zero-order chi connectivity index (χ0) is 21.4. The minimum atomic E-state index is -0.0337. The fourth-order valence-electron chi connectivity index (χ4n) is 4.33. The minimum Gasteiger partial charge on any atom is -0.367 e. The lowest BCUT2D eigenvalue weighted by Crippen LogP contribution is -2.52. The highest BCUT2D eigenvalue weighted by atomic mass is 16.2. The van der Waals surface area contributed by atoms with E-state index in [-0.39, 0.29) is 18.0 Å². The molecule has 0 radical (unpaired) electrons. The van der Waals surface area contributed by atoms with Crippen molar-refractivity contribution in [1.29, 1.82) is 0 Å². The lowest BCUT2D eigenvalue weighted by atomic mass is 9.96. The lowest BCUT2D eigenvalue weighted by molar-refractivity contribution is 0.0616. The van der Waals surface area contributed by atoms with Gasteiger partial charge in [-0.3, -0.25) is 4.79 Å². The average Bonchev–Trinajstić information content (AvgIpc) is 3.44. The van der Waals surface area contributed by atoms with Crippen molar-refractivity contribution in [3.05, 3.63) is 66.1 Å². The van der Waals surface area contributed by atoms with Gasteiger partial charge in [-0.25, -0.2) is 9.67 Å². The van der Waals surface area contributed by atoms with Crippen LogP contribution in [0.5, 0.6) is 0 Å². The van der Waals surface area contributed by atoms with Crippen LogP contribution in [0.25, 0.3) is 16.7 Å². The molecule has 3 aromatic heterocycles. The molecule has 0 spiro atoms. The summed E-state index contributed by atoms with van der Waals surface area (Å²) in [6, 6.07) is 14.2. The first-order valence-electron chi connectivity index (χ1n) is 10.6. The maximum absolute atomic E-state index is 13.6. The maximum atomic E-state index is 13.6. The molecule has 31 heavy (non-hydrogen) atoms. The van der Waals surface area contributed by atoms with E-state index in [1.165, 1.54) is 5.39 Å². The quantitative estimate of drug-likeness (QED) is 0.532. The third-order valence-electron chi connectivity index (χ3n) is 6.00. The van der Waals surface area contributed by atoms with Gasteiger partial charge >= 0.3 is 0 Å². The number of aromatic nitrogens is 5. The first-order chi connectivity index (χ1) is 15.1. The van der Waals surface area contributed by atoms with Crippen LogP contribution in [0, 0.1) is 6.92 Å². The smallest absolute Gasteiger partial charge is 0.258 e. The van der Waals surface area contributed by atoms with Gasteiger partial charge in [-0.15, -0.1) is 5.10 Å². The highest BCUT2D eigenvalue weighted by Crippen LogP contribution is 2.26. The number of carbonyl (C=O) groups excluding carboxylic acids is 1. The van der Waals surface area contributed by atoms with Gasteiger partial charge in [-0.2, -0.15) is 0 Å². The number of hydrogen-bond donors (Lipinski definition) is 2. The number of nitrogens with zero attached hydrogens (tertiary/aromatic N) is 5. The largest absolute Gasteiger partial charge is 0.367 e. The topological polar surface area (TPSA) is 91.7 Å². The molecule has 2 N–H and O–H groups in total. The van der Waals surface area contributed by atoms with Crippen LogP contribution >= 0.6 is 0 Å². The number of H-pyrrole nitrogens is 1. The highest BCUT2D eigenvalue weighted by Gasteiger charge is 2.33. The average molecular weight is 416 g/mol. The number of para-hydroxylation sites is 1. The molecule has 8 heteroatoms. The van der Waals surface area contributed by atoms with Gasteiger partial charge in [0.15, 0.2) is 5.82 Å². The second-order valence-corrected chi connectivity index (χ2v) is 8.07. The third kappa shape index (κ3) is 3.65. The van der Waals surface area contributed by atoms with Crippen molar-refractivity contribution in [3.63, 3.8) is 0 Å². The van der Waals surface area contributed by atoms with Crippen LogP contribution in [0.2, 0.25) is 0 Å². The van der Waals surface area contributed by atoms with Gasteiger partial charge in [0.25, 0.3) is 5.91 Å². The number of piperidine rings is 1. The molecular formula is C23H25N7O. The number of amides is 1. The fraction of sp³-hybridized carbons (Fsp3) is 0.304. The molecule has 1 amide bonds. The zero-order valence-corrected chi connectivity index (χ0v) is 17.6. The molecule has 4 aromatic rings. The number of likely N-dealkylation sites (tertiary alicyclic amines) is 1. The number of carbonyl (C=O) groups is 1. The summed E-state index contributed by atoms with van der Waals surface area (Å²) >= 11 is 0. The van der Waals surface area contributed by atoms with Crippen LogP contribution in [-0.4, -0.2) is 54.4 Å². The van der Waals surface area contributed by atoms with Gasteiger partial charge in [0.05, 0.1) is 18.0 Å². The Morgan fingerprint density at radius 2 is 2.10 bits per heavy atom. The summed E-state index contributed by atoms with van der Waals surface area (Å²) in [5.74, 6) is 1.46. The molecule has 1 fully saturated rings. The molecule has 0 aliphatic carbocycles. The molecule has 0 unspecified atom stereocenters. The molecule has 1 aliphatic rings. The first kappa shape index (κ1) is 19.3. The van der Waals surface area contributed by atoms with Crippen LogP contribution in [0.4, 0.5) is 5.82 Å². The summed E-state index contributed by atoms with van der Waals surface area (Å²) in [5, 5.41) is 12.7. The SMILES string of the molecule is Cc1ccc(C(=O)N2CCC[C@@H](Nc3cc4ccccc4[nH]3)[C@@H]2C)c(-n2ccnn2)n1. The maximum Gasteiger partial charge on any atom is 0.258 e. The molecule has 1 saturated heterocycles. The van der Waals surface area contributed by atoms with E-state index in [2.05, 4.69) is 50.7 Å². The van der Waals surface area contributed by atoms with Gasteiger partial charge in [0.1, 0.15) is 5.82 Å². The molecule has 0 saturated carbocycles. The van der Waals surface area contributed by atoms with Gasteiger partial charge in [-0.05, 0) is 51.0 Å². The van der Waals surface area contributed by atoms with E-state index in [1.807, 2.05) is 36.1 Å². The predicted molar refractivity (Wildman–Crippen MR) is 119 cm³/mol. The Balaban J connectivity index is 1.40. The molecule has 158 valence electrons. The normalized spacial score (nSPS) is 19.0. The summed E-state index contributed by atoms with van der Waals surface area (Å²) < 4.78 is 1.55. The number of anilines is 1. The fourth-order valence-corrected chi connectivity index (χ4v) is 4.33. The van der Waals surface area contributed by atoms with E-state index in [9.17, 15) is 4.79 Å². The van der Waals surface area contributed by atoms with E-state index in [0.29, 0.717) is 11.4 Å². The van der Waals surface area contributed by atoms with Crippen molar-refractivity contribution in [2.24, 2.45) is 0 Å². The van der Waals surface area contributed by atoms with E-state index >= 15 is 0 Å². The molecule has 1 aliphatic heterocycles. The number of rotatable bonds is 4. The number of fused-ring (bicyclic) bond motifs is 1. The molecule has 1 aromatic carbocycles. The minimum absolute atomic E-state index is 0.0255. The summed E-state index contributed by atoms with van der Waals surface area (Å²) in [5.41, 5.74) is 2.46. The number of pyridine rings is 1.